The van der Waals surface area contributed by atoms with Crippen molar-refractivity contribution >= 4 is 17.7 Å². The van der Waals surface area contributed by atoms with E-state index < -0.39 is 10.9 Å². The van der Waals surface area contributed by atoms with Gasteiger partial charge in [-0.25, -0.2) is 4.79 Å². The molecule has 1 aromatic carbocycles. The topological polar surface area (TPSA) is 119 Å². The second-order valence-electron chi connectivity index (χ2n) is 3.43. The van der Waals surface area contributed by atoms with Gasteiger partial charge in [0.1, 0.15) is 0 Å². The summed E-state index contributed by atoms with van der Waals surface area (Å²) in [5.74, 6) is -0.864. The molecule has 0 aliphatic carbocycles. The Kier molecular flexibility index (Phi) is 3.33. The molecule has 0 saturated carbocycles. The van der Waals surface area contributed by atoms with E-state index in [0.717, 1.165) is 6.08 Å². The highest BCUT2D eigenvalue weighted by atomic mass is 16.6. The number of hydrogen-bond donors (Lipinski definition) is 1. The van der Waals surface area contributed by atoms with E-state index in [1.165, 1.54) is 30.3 Å². The summed E-state index contributed by atoms with van der Waals surface area (Å²) in [6.07, 6.45) is 2.06. The number of nitrogens with zero attached hydrogens (tertiary/aromatic N) is 3. The number of non-ortho nitro benzene ring substituents is 1. The lowest BCUT2D eigenvalue weighted by molar-refractivity contribution is -0.384. The highest BCUT2D eigenvalue weighted by molar-refractivity contribution is 5.84. The van der Waals surface area contributed by atoms with Gasteiger partial charge in [-0.3, -0.25) is 10.1 Å². The molecule has 1 heterocycles. The molecule has 19 heavy (non-hydrogen) atoms. The normalized spacial score (nSPS) is 10.7. The van der Waals surface area contributed by atoms with Crippen molar-refractivity contribution in [3.05, 3.63) is 46.3 Å². The molecule has 0 amide bonds. The van der Waals surface area contributed by atoms with Crippen LogP contribution in [0.15, 0.2) is 34.9 Å². The highest BCUT2D eigenvalue weighted by Gasteiger charge is 2.10. The maximum absolute atomic E-state index is 10.5. The molecule has 2 aromatic rings. The monoisotopic (exact) mass is 261 g/mol. The average Bonchev–Trinajstić information content (AvgIpc) is 2.85. The SMILES string of the molecule is O=C(O)C=Cc1noc(-c2ccc([N+](=O)[O-])cc2)n1. The Balaban J connectivity index is 2.23. The lowest BCUT2D eigenvalue weighted by Gasteiger charge is -1.93. The zero-order chi connectivity index (χ0) is 13.8. The molecule has 1 N–H and O–H groups in total. The van der Waals surface area contributed by atoms with Gasteiger partial charge in [-0.15, -0.1) is 0 Å². The Morgan fingerprint density at radius 2 is 2.05 bits per heavy atom. The average molecular weight is 261 g/mol. The summed E-state index contributed by atoms with van der Waals surface area (Å²) in [4.78, 5) is 24.2. The van der Waals surface area contributed by atoms with E-state index in [2.05, 4.69) is 10.1 Å². The lowest BCUT2D eigenvalue weighted by Crippen LogP contribution is -1.87. The summed E-state index contributed by atoms with van der Waals surface area (Å²) in [7, 11) is 0. The minimum atomic E-state index is -1.12. The van der Waals surface area contributed by atoms with Gasteiger partial charge >= 0.3 is 5.97 Å². The molecule has 0 aliphatic rings. The van der Waals surface area contributed by atoms with Crippen LogP contribution in [0.2, 0.25) is 0 Å². The first-order valence-corrected chi connectivity index (χ1v) is 5.06. The van der Waals surface area contributed by atoms with Crippen LogP contribution in [0, 0.1) is 10.1 Å². The molecule has 2 rings (SSSR count). The van der Waals surface area contributed by atoms with E-state index in [1.54, 1.807) is 0 Å². The maximum atomic E-state index is 10.5. The molecule has 0 saturated heterocycles. The number of hydrogen-bond acceptors (Lipinski definition) is 6. The summed E-state index contributed by atoms with van der Waals surface area (Å²) in [5, 5.41) is 22.5. The summed E-state index contributed by atoms with van der Waals surface area (Å²) in [6, 6.07) is 5.56. The largest absolute Gasteiger partial charge is 0.478 e. The minimum absolute atomic E-state index is 0.0470. The molecular weight excluding hydrogens is 254 g/mol. The second-order valence-corrected chi connectivity index (χ2v) is 3.43. The van der Waals surface area contributed by atoms with Crippen molar-refractivity contribution < 1.29 is 19.3 Å². The molecule has 0 fully saturated rings. The number of nitro groups is 1. The van der Waals surface area contributed by atoms with Gasteiger partial charge in [0, 0.05) is 23.8 Å². The van der Waals surface area contributed by atoms with Crippen LogP contribution >= 0.6 is 0 Å². The fraction of sp³-hybridized carbons (Fsp3) is 0. The van der Waals surface area contributed by atoms with Gasteiger partial charge in [0.25, 0.3) is 11.6 Å². The van der Waals surface area contributed by atoms with Crippen molar-refractivity contribution in [1.82, 2.24) is 10.1 Å². The Morgan fingerprint density at radius 3 is 2.63 bits per heavy atom. The standard InChI is InChI=1S/C11H7N3O5/c15-10(16)6-5-9-12-11(19-13-9)7-1-3-8(4-2-7)14(17)18/h1-6H,(H,15,16). The Hall–Kier alpha value is -3.03. The Morgan fingerprint density at radius 1 is 1.37 bits per heavy atom. The molecule has 0 bridgehead atoms. The predicted molar refractivity (Wildman–Crippen MR) is 63.1 cm³/mol. The van der Waals surface area contributed by atoms with Crippen LogP contribution in [-0.4, -0.2) is 26.1 Å². The smallest absolute Gasteiger partial charge is 0.328 e. The van der Waals surface area contributed by atoms with E-state index in [9.17, 15) is 14.9 Å². The number of rotatable bonds is 4. The van der Waals surface area contributed by atoms with Crippen molar-refractivity contribution in [2.45, 2.75) is 0 Å². The van der Waals surface area contributed by atoms with Crippen molar-refractivity contribution in [1.29, 1.82) is 0 Å². The molecule has 0 radical (unpaired) electrons. The van der Waals surface area contributed by atoms with Crippen LogP contribution < -0.4 is 0 Å². The van der Waals surface area contributed by atoms with Gasteiger partial charge in [0.15, 0.2) is 5.82 Å². The molecule has 0 aliphatic heterocycles. The first-order chi connectivity index (χ1) is 9.06. The first kappa shape index (κ1) is 12.4. The third-order valence-corrected chi connectivity index (χ3v) is 2.14. The lowest BCUT2D eigenvalue weighted by atomic mass is 10.2. The molecule has 0 atom stereocenters. The number of aromatic nitrogens is 2. The van der Waals surface area contributed by atoms with Crippen molar-refractivity contribution in [2.75, 3.05) is 0 Å². The van der Waals surface area contributed by atoms with Crippen molar-refractivity contribution in [3.8, 4) is 11.5 Å². The molecule has 96 valence electrons. The fourth-order valence-electron chi connectivity index (χ4n) is 1.29. The van der Waals surface area contributed by atoms with Gasteiger partial charge in [-0.1, -0.05) is 5.16 Å². The van der Waals surface area contributed by atoms with Crippen LogP contribution in [0.4, 0.5) is 5.69 Å². The Labute approximate surface area is 106 Å². The van der Waals surface area contributed by atoms with Gasteiger partial charge in [0.2, 0.25) is 0 Å². The van der Waals surface area contributed by atoms with Gasteiger partial charge in [0.05, 0.1) is 4.92 Å². The van der Waals surface area contributed by atoms with Gasteiger partial charge in [-0.05, 0) is 18.2 Å². The summed E-state index contributed by atoms with van der Waals surface area (Å²) in [5.41, 5.74) is 0.460. The van der Waals surface area contributed by atoms with E-state index in [-0.39, 0.29) is 17.4 Å². The summed E-state index contributed by atoms with van der Waals surface area (Å²) in [6.45, 7) is 0. The van der Waals surface area contributed by atoms with E-state index in [0.29, 0.717) is 5.56 Å². The number of carbonyl (C=O) groups is 1. The molecule has 0 unspecified atom stereocenters. The van der Waals surface area contributed by atoms with Crippen molar-refractivity contribution in [3.63, 3.8) is 0 Å². The molecule has 8 nitrogen and oxygen atoms in total. The summed E-state index contributed by atoms with van der Waals surface area (Å²) < 4.78 is 4.91. The van der Waals surface area contributed by atoms with Crippen LogP contribution in [0.3, 0.4) is 0 Å². The van der Waals surface area contributed by atoms with Crippen LogP contribution in [-0.2, 0) is 4.79 Å². The maximum Gasteiger partial charge on any atom is 0.328 e. The van der Waals surface area contributed by atoms with Gasteiger partial charge in [-0.2, -0.15) is 4.98 Å². The zero-order valence-corrected chi connectivity index (χ0v) is 9.39. The van der Waals surface area contributed by atoms with Gasteiger partial charge < -0.3 is 9.63 Å². The van der Waals surface area contributed by atoms with Crippen LogP contribution in [0.5, 0.6) is 0 Å². The molecule has 1 aromatic heterocycles. The number of nitro benzene ring substituents is 1. The number of benzene rings is 1. The quantitative estimate of drug-likeness (QED) is 0.505. The first-order valence-electron chi connectivity index (χ1n) is 5.06. The molecule has 8 heteroatoms. The highest BCUT2D eigenvalue weighted by Crippen LogP contribution is 2.20. The van der Waals surface area contributed by atoms with Crippen molar-refractivity contribution in [2.24, 2.45) is 0 Å². The number of aliphatic carboxylic acids is 1. The number of carboxylic acid groups (broad SMARTS) is 1. The molecule has 0 spiro atoms. The summed E-state index contributed by atoms with van der Waals surface area (Å²) >= 11 is 0. The third kappa shape index (κ3) is 3.00. The minimum Gasteiger partial charge on any atom is -0.478 e. The second kappa shape index (κ2) is 5.08. The Bertz CT molecular complexity index is 645. The molecular formula is C11H7N3O5. The predicted octanol–water partition coefficient (Wildman–Crippen LogP) is 1.74. The number of carboxylic acids is 1. The van der Waals surface area contributed by atoms with E-state index in [1.807, 2.05) is 0 Å². The van der Waals surface area contributed by atoms with Crippen LogP contribution in [0.25, 0.3) is 17.5 Å². The van der Waals surface area contributed by atoms with E-state index in [4.69, 9.17) is 9.63 Å². The zero-order valence-electron chi connectivity index (χ0n) is 9.39. The van der Waals surface area contributed by atoms with E-state index >= 15 is 0 Å². The fourth-order valence-corrected chi connectivity index (χ4v) is 1.29. The third-order valence-electron chi connectivity index (χ3n) is 2.14. The van der Waals surface area contributed by atoms with Crippen LogP contribution in [0.1, 0.15) is 5.82 Å².